The van der Waals surface area contributed by atoms with E-state index in [0.29, 0.717) is 8.45 Å². The Morgan fingerprint density at radius 3 is 1.23 bits per heavy atom. The first kappa shape index (κ1) is 41.4. The van der Waals surface area contributed by atoms with Crippen LogP contribution in [0.25, 0.3) is 34.4 Å². The Morgan fingerprint density at radius 2 is 0.842 bits per heavy atom. The summed E-state index contributed by atoms with van der Waals surface area (Å²) in [5.74, 6) is 1.54. The number of halogens is 2. The second-order valence-corrected chi connectivity index (χ2v) is 26.1. The molecule has 10 rings (SSSR count). The van der Waals surface area contributed by atoms with Gasteiger partial charge in [0.15, 0.2) is 0 Å². The number of benzene rings is 4. The summed E-state index contributed by atoms with van der Waals surface area (Å²) in [4.78, 5) is 0. The fourth-order valence-electron chi connectivity index (χ4n) is 13.6. The maximum atomic E-state index is 2.86. The molecule has 0 N–H and O–H groups in total. The third kappa shape index (κ3) is 7.24. The minimum atomic E-state index is -2.80. The Balaban J connectivity index is 0.00000228. The third-order valence-corrected chi connectivity index (χ3v) is 26.6. The van der Waals surface area contributed by atoms with Crippen LogP contribution in [0, 0.1) is 11.8 Å². The van der Waals surface area contributed by atoms with Crippen LogP contribution in [0.3, 0.4) is 0 Å². The van der Waals surface area contributed by atoms with Crippen LogP contribution < -0.4 is 24.8 Å². The van der Waals surface area contributed by atoms with E-state index in [2.05, 4.69) is 111 Å². The maximum absolute atomic E-state index is 2.86. The van der Waals surface area contributed by atoms with Crippen molar-refractivity contribution in [1.29, 1.82) is 0 Å². The van der Waals surface area contributed by atoms with Crippen LogP contribution in [-0.2, 0) is 29.4 Å². The van der Waals surface area contributed by atoms with Gasteiger partial charge in [-0.1, -0.05) is 0 Å². The number of hydrogen-bond acceptors (Lipinski definition) is 0. The molecule has 5 aliphatic carbocycles. The summed E-state index contributed by atoms with van der Waals surface area (Å²) in [6.45, 7) is 4.60. The summed E-state index contributed by atoms with van der Waals surface area (Å²) < 4.78 is 3.44. The van der Waals surface area contributed by atoms with Gasteiger partial charge in [-0.15, -0.1) is 0 Å². The molecule has 0 spiro atoms. The summed E-state index contributed by atoms with van der Waals surface area (Å²) in [5.41, 5.74) is 19.4. The van der Waals surface area contributed by atoms with Crippen LogP contribution in [0.5, 0.6) is 0 Å². The van der Waals surface area contributed by atoms with Crippen molar-refractivity contribution in [2.45, 2.75) is 146 Å². The second kappa shape index (κ2) is 17.7. The molecule has 1 saturated heterocycles. The Kier molecular flexibility index (Phi) is 12.9. The van der Waals surface area contributed by atoms with Gasteiger partial charge in [0.2, 0.25) is 0 Å². The van der Waals surface area contributed by atoms with Gasteiger partial charge in [0.25, 0.3) is 0 Å². The summed E-state index contributed by atoms with van der Waals surface area (Å²) in [5, 5.41) is 0. The van der Waals surface area contributed by atoms with E-state index >= 15 is 0 Å². The van der Waals surface area contributed by atoms with Crippen LogP contribution in [0.4, 0.5) is 0 Å². The molecule has 1 heterocycles. The SMILES string of the molecule is CCCc1ccc(-c2cccc3c2C=C(C2CCCCC2)[CH]3[Ti+2]2([CH]3C(C4CCCCC4)=Cc4c(-c5ccc(CCC)cc5)cccc43)[CH]3CCCC[CH]32)cc1.[Cl-].[Cl-]. The van der Waals surface area contributed by atoms with Crippen molar-refractivity contribution < 1.29 is 41.4 Å². The average Bonchev–Trinajstić information content (AvgIpc) is 3.49. The van der Waals surface area contributed by atoms with Gasteiger partial charge in [0, 0.05) is 0 Å². The normalized spacial score (nSPS) is 25.5. The predicted octanol–water partition coefficient (Wildman–Crippen LogP) is 9.99. The summed E-state index contributed by atoms with van der Waals surface area (Å²) in [7, 11) is 0. The zero-order valence-corrected chi connectivity index (χ0v) is 37.8. The van der Waals surface area contributed by atoms with E-state index in [1.54, 1.807) is 22.3 Å². The molecule has 57 heavy (non-hydrogen) atoms. The quantitative estimate of drug-likeness (QED) is 0.140. The fourth-order valence-corrected chi connectivity index (χ4v) is 27.8. The molecule has 4 aromatic carbocycles. The maximum Gasteiger partial charge on any atom is -1.00 e. The molecule has 4 atom stereocenters. The summed E-state index contributed by atoms with van der Waals surface area (Å²) in [6.07, 6.45) is 30.6. The van der Waals surface area contributed by atoms with Crippen molar-refractivity contribution in [1.82, 2.24) is 0 Å². The molecule has 0 nitrogen and oxygen atoms in total. The van der Waals surface area contributed by atoms with Crippen molar-refractivity contribution >= 4 is 12.2 Å². The number of allylic oxidation sites excluding steroid dienone is 2. The van der Waals surface area contributed by atoms with E-state index in [-0.39, 0.29) is 24.8 Å². The fraction of sp³-hybridized carbons (Fsp3) is 0.481. The van der Waals surface area contributed by atoms with Gasteiger partial charge < -0.3 is 24.8 Å². The van der Waals surface area contributed by atoms with Crippen molar-refractivity contribution in [2.24, 2.45) is 11.8 Å². The molecule has 3 heteroatoms. The summed E-state index contributed by atoms with van der Waals surface area (Å²) >= 11 is -2.80. The standard InChI is InChI=1S/2C24H27.C6H10.2ClH.Ti/c2*1-2-7-18-12-14-20(15-13-18)23-11-6-10-21-16-22(17-24(21)23)19-8-4-3-5-9-19;1-2-4-6-5-3-1;;;/h2*6,10-17,19H,2-5,7-9H2,1H3;1-2H,3-6H2;2*1H;/q;;;;;+2/p-2. The molecule has 4 unspecified atom stereocenters. The summed E-state index contributed by atoms with van der Waals surface area (Å²) in [6, 6.07) is 34.7. The first-order chi connectivity index (χ1) is 27.2. The Bertz CT molecular complexity index is 1930. The van der Waals surface area contributed by atoms with Crippen LogP contribution in [-0.4, -0.2) is 0 Å². The van der Waals surface area contributed by atoms with Gasteiger partial charge >= 0.3 is 339 Å². The predicted molar refractivity (Wildman–Crippen MR) is 232 cm³/mol. The van der Waals surface area contributed by atoms with Gasteiger partial charge in [0.1, 0.15) is 0 Å². The molecule has 4 aromatic rings. The Morgan fingerprint density at radius 1 is 0.456 bits per heavy atom. The molecular formula is C54H64Cl2Ti. The molecule has 0 aromatic heterocycles. The zero-order valence-electron chi connectivity index (χ0n) is 34.7. The van der Waals surface area contributed by atoms with Crippen LogP contribution in [0.15, 0.2) is 96.1 Å². The van der Waals surface area contributed by atoms with Gasteiger partial charge in [0.05, 0.1) is 0 Å². The van der Waals surface area contributed by atoms with Crippen molar-refractivity contribution in [3.8, 4) is 22.3 Å². The third-order valence-electron chi connectivity index (χ3n) is 15.9. The minimum absolute atomic E-state index is 0. The van der Waals surface area contributed by atoms with Crippen LogP contribution in [0.2, 0.25) is 8.45 Å². The van der Waals surface area contributed by atoms with Crippen molar-refractivity contribution in [3.63, 3.8) is 0 Å². The molecular weight excluding hydrogens is 767 g/mol. The molecule has 298 valence electrons. The Labute approximate surface area is 361 Å². The van der Waals surface area contributed by atoms with E-state index in [1.165, 1.54) is 149 Å². The largest absolute Gasteiger partial charge is 1.00 e. The van der Waals surface area contributed by atoms with Crippen LogP contribution >= 0.6 is 0 Å². The van der Waals surface area contributed by atoms with Gasteiger partial charge in [-0.25, -0.2) is 0 Å². The van der Waals surface area contributed by atoms with Crippen LogP contribution in [0.1, 0.15) is 158 Å². The van der Waals surface area contributed by atoms with Gasteiger partial charge in [-0.3, -0.25) is 0 Å². The number of aryl methyl sites for hydroxylation is 2. The van der Waals surface area contributed by atoms with Crippen molar-refractivity contribution in [2.75, 3.05) is 0 Å². The van der Waals surface area contributed by atoms with Gasteiger partial charge in [-0.2, -0.15) is 0 Å². The van der Waals surface area contributed by atoms with E-state index < -0.39 is 16.6 Å². The molecule has 4 fully saturated rings. The number of hydrogen-bond donors (Lipinski definition) is 0. The molecule has 3 saturated carbocycles. The van der Waals surface area contributed by atoms with Gasteiger partial charge in [-0.05, 0) is 0 Å². The van der Waals surface area contributed by atoms with E-state index in [1.807, 2.05) is 11.1 Å². The van der Waals surface area contributed by atoms with Crippen molar-refractivity contribution in [3.05, 3.63) is 129 Å². The molecule has 6 aliphatic rings. The molecule has 1 aliphatic heterocycles. The zero-order chi connectivity index (χ0) is 36.9. The first-order valence-electron chi connectivity index (χ1n) is 23.1. The number of rotatable bonds is 10. The molecule has 0 amide bonds. The van der Waals surface area contributed by atoms with E-state index in [9.17, 15) is 0 Å². The topological polar surface area (TPSA) is 0 Å². The average molecular weight is 832 g/mol. The Hall–Kier alpha value is -2.35. The monoisotopic (exact) mass is 830 g/mol. The number of fused-ring (bicyclic) bond motifs is 3. The van der Waals surface area contributed by atoms with E-state index in [0.717, 1.165) is 20.3 Å². The second-order valence-electron chi connectivity index (χ2n) is 18.8. The van der Waals surface area contributed by atoms with E-state index in [4.69, 9.17) is 0 Å². The minimum Gasteiger partial charge on any atom is -1.00 e. The first-order valence-corrected chi connectivity index (χ1v) is 26.7. The smallest absolute Gasteiger partial charge is 1.00 e. The molecule has 0 radical (unpaired) electrons. The molecule has 0 bridgehead atoms.